The van der Waals surface area contributed by atoms with Crippen molar-refractivity contribution in [1.29, 1.82) is 0 Å². The number of halogens is 1. The lowest BCUT2D eigenvalue weighted by Gasteiger charge is -2.14. The minimum absolute atomic E-state index is 0.288. The van der Waals surface area contributed by atoms with Crippen LogP contribution in [0.3, 0.4) is 0 Å². The number of aromatic nitrogens is 1. The van der Waals surface area contributed by atoms with Crippen molar-refractivity contribution in [3.63, 3.8) is 0 Å². The van der Waals surface area contributed by atoms with Crippen LogP contribution in [0.2, 0.25) is 0 Å². The number of hydrogen-bond acceptors (Lipinski definition) is 4. The Kier molecular flexibility index (Phi) is 7.60. The predicted molar refractivity (Wildman–Crippen MR) is 116 cm³/mol. The highest BCUT2D eigenvalue weighted by Crippen LogP contribution is 2.19. The van der Waals surface area contributed by atoms with E-state index in [2.05, 4.69) is 27.2 Å². The van der Waals surface area contributed by atoms with E-state index >= 15 is 0 Å². The van der Waals surface area contributed by atoms with E-state index in [4.69, 9.17) is 9.15 Å². The Morgan fingerprint density at radius 2 is 2.00 bits per heavy atom. The van der Waals surface area contributed by atoms with Gasteiger partial charge in [-0.15, -0.1) is 0 Å². The molecule has 7 heteroatoms. The van der Waals surface area contributed by atoms with Crippen LogP contribution >= 0.6 is 0 Å². The molecule has 0 aliphatic carbocycles. The van der Waals surface area contributed by atoms with Gasteiger partial charge in [-0.3, -0.25) is 4.99 Å². The van der Waals surface area contributed by atoms with Crippen LogP contribution in [0.4, 0.5) is 4.39 Å². The summed E-state index contributed by atoms with van der Waals surface area (Å²) < 4.78 is 24.2. The molecule has 0 bridgehead atoms. The first-order valence-electron chi connectivity index (χ1n) is 9.66. The zero-order valence-corrected chi connectivity index (χ0v) is 16.9. The number of benzene rings is 2. The lowest BCUT2D eigenvalue weighted by atomic mass is 10.2. The summed E-state index contributed by atoms with van der Waals surface area (Å²) in [5.74, 6) is 1.68. The van der Waals surface area contributed by atoms with Crippen LogP contribution in [0.1, 0.15) is 11.3 Å². The molecule has 0 amide bonds. The maximum atomic E-state index is 13.0. The third-order valence-electron chi connectivity index (χ3n) is 4.32. The molecule has 0 atom stereocenters. The molecule has 0 saturated heterocycles. The molecule has 0 saturated carbocycles. The van der Waals surface area contributed by atoms with Crippen LogP contribution in [-0.4, -0.2) is 31.1 Å². The minimum Gasteiger partial charge on any atom is -0.489 e. The lowest BCUT2D eigenvalue weighted by molar-refractivity contribution is 0.358. The van der Waals surface area contributed by atoms with Crippen molar-refractivity contribution in [3.05, 3.63) is 84.5 Å². The van der Waals surface area contributed by atoms with Crippen LogP contribution < -0.4 is 15.4 Å². The van der Waals surface area contributed by atoms with E-state index in [1.807, 2.05) is 24.3 Å². The number of guanidine groups is 1. The number of hydrogen-bond donors (Lipinski definition) is 2. The molecular formula is C23H25FN4O2. The first-order chi connectivity index (χ1) is 14.7. The van der Waals surface area contributed by atoms with Crippen LogP contribution in [0.25, 0.3) is 11.5 Å². The van der Waals surface area contributed by atoms with E-state index < -0.39 is 0 Å². The summed E-state index contributed by atoms with van der Waals surface area (Å²) in [7, 11) is 1.72. The first-order valence-corrected chi connectivity index (χ1v) is 9.66. The first kappa shape index (κ1) is 21.1. The fourth-order valence-electron chi connectivity index (χ4n) is 2.79. The number of ether oxygens (including phenoxy) is 1. The maximum absolute atomic E-state index is 13.0. The van der Waals surface area contributed by atoms with E-state index in [0.29, 0.717) is 38.0 Å². The molecule has 2 aromatic carbocycles. The third-order valence-corrected chi connectivity index (χ3v) is 4.32. The van der Waals surface area contributed by atoms with Gasteiger partial charge in [0.05, 0.1) is 5.69 Å². The number of nitrogens with one attached hydrogen (secondary N) is 2. The zero-order chi connectivity index (χ0) is 21.2. The molecule has 1 heterocycles. The molecule has 0 aliphatic rings. The van der Waals surface area contributed by atoms with Crippen molar-refractivity contribution in [3.8, 4) is 17.2 Å². The van der Waals surface area contributed by atoms with Gasteiger partial charge < -0.3 is 19.8 Å². The summed E-state index contributed by atoms with van der Waals surface area (Å²) >= 11 is 0. The molecule has 0 unspecified atom stereocenters. The average Bonchev–Trinajstić information content (AvgIpc) is 3.24. The SMILES string of the molecule is C=CCOc1ccccc1CNC(=NC)NCCc1coc(-c2ccc(F)cc2)n1. The summed E-state index contributed by atoms with van der Waals surface area (Å²) in [6.45, 7) is 5.34. The summed E-state index contributed by atoms with van der Waals surface area (Å²) in [4.78, 5) is 8.70. The molecule has 3 aromatic rings. The monoisotopic (exact) mass is 408 g/mol. The standard InChI is InChI=1S/C23H25FN4O2/c1-3-14-29-21-7-5-4-6-18(21)15-27-23(25-2)26-13-12-20-16-30-22(28-20)17-8-10-19(24)11-9-17/h3-11,16H,1,12-15H2,2H3,(H2,25,26,27). The fraction of sp³-hybridized carbons (Fsp3) is 0.217. The van der Waals surface area contributed by atoms with Crippen molar-refractivity contribution in [1.82, 2.24) is 15.6 Å². The quantitative estimate of drug-likeness (QED) is 0.319. The molecule has 6 nitrogen and oxygen atoms in total. The van der Waals surface area contributed by atoms with E-state index in [1.54, 1.807) is 31.5 Å². The van der Waals surface area contributed by atoms with Gasteiger partial charge in [-0.25, -0.2) is 9.37 Å². The van der Waals surface area contributed by atoms with Crippen LogP contribution in [0.15, 0.2) is 76.9 Å². The van der Waals surface area contributed by atoms with Gasteiger partial charge in [0.25, 0.3) is 0 Å². The largest absolute Gasteiger partial charge is 0.489 e. The Balaban J connectivity index is 1.48. The van der Waals surface area contributed by atoms with Crippen molar-refractivity contribution < 1.29 is 13.5 Å². The Hall–Kier alpha value is -3.61. The summed E-state index contributed by atoms with van der Waals surface area (Å²) in [6.07, 6.45) is 3.99. The second-order valence-electron chi connectivity index (χ2n) is 6.46. The van der Waals surface area contributed by atoms with Gasteiger partial charge in [0.1, 0.15) is 24.4 Å². The molecular weight excluding hydrogens is 383 g/mol. The Morgan fingerprint density at radius 3 is 2.77 bits per heavy atom. The summed E-state index contributed by atoms with van der Waals surface area (Å²) in [6, 6.07) is 13.9. The van der Waals surface area contributed by atoms with Gasteiger partial charge >= 0.3 is 0 Å². The van der Waals surface area contributed by atoms with Crippen molar-refractivity contribution in [2.45, 2.75) is 13.0 Å². The smallest absolute Gasteiger partial charge is 0.226 e. The van der Waals surface area contributed by atoms with E-state index in [9.17, 15) is 4.39 Å². The van der Waals surface area contributed by atoms with Crippen LogP contribution in [0.5, 0.6) is 5.75 Å². The van der Waals surface area contributed by atoms with Gasteiger partial charge in [0.2, 0.25) is 5.89 Å². The predicted octanol–water partition coefficient (Wildman–Crippen LogP) is 3.95. The highest BCUT2D eigenvalue weighted by molar-refractivity contribution is 5.79. The minimum atomic E-state index is -0.288. The van der Waals surface area contributed by atoms with E-state index in [1.165, 1.54) is 12.1 Å². The molecule has 0 spiro atoms. The van der Waals surface area contributed by atoms with Gasteiger partial charge in [-0.05, 0) is 30.3 Å². The maximum Gasteiger partial charge on any atom is 0.226 e. The Labute approximate surface area is 175 Å². The zero-order valence-electron chi connectivity index (χ0n) is 16.9. The molecule has 156 valence electrons. The molecule has 0 fully saturated rings. The topological polar surface area (TPSA) is 71.7 Å². The number of rotatable bonds is 9. The van der Waals surface area contributed by atoms with Crippen molar-refractivity contribution >= 4 is 5.96 Å². The van der Waals surface area contributed by atoms with Gasteiger partial charge in [-0.1, -0.05) is 30.9 Å². The second kappa shape index (κ2) is 10.8. The number of nitrogens with zero attached hydrogens (tertiary/aromatic N) is 2. The Morgan fingerprint density at radius 1 is 1.20 bits per heavy atom. The van der Waals surface area contributed by atoms with Gasteiger partial charge in [0.15, 0.2) is 5.96 Å². The molecule has 30 heavy (non-hydrogen) atoms. The third kappa shape index (κ3) is 5.94. The lowest BCUT2D eigenvalue weighted by Crippen LogP contribution is -2.38. The van der Waals surface area contributed by atoms with E-state index in [0.717, 1.165) is 22.6 Å². The summed E-state index contributed by atoms with van der Waals surface area (Å²) in [5.41, 5.74) is 2.58. The normalized spacial score (nSPS) is 11.2. The molecule has 0 aliphatic heterocycles. The average molecular weight is 408 g/mol. The fourth-order valence-corrected chi connectivity index (χ4v) is 2.79. The molecule has 2 N–H and O–H groups in total. The number of oxazole rings is 1. The molecule has 3 rings (SSSR count). The molecule has 0 radical (unpaired) electrons. The highest BCUT2D eigenvalue weighted by atomic mass is 19.1. The van der Waals surface area contributed by atoms with Crippen molar-refractivity contribution in [2.75, 3.05) is 20.2 Å². The second-order valence-corrected chi connectivity index (χ2v) is 6.46. The van der Waals surface area contributed by atoms with Gasteiger partial charge in [-0.2, -0.15) is 0 Å². The van der Waals surface area contributed by atoms with E-state index in [-0.39, 0.29) is 5.82 Å². The number of para-hydroxylation sites is 1. The number of aliphatic imine (C=N–C) groups is 1. The van der Waals surface area contributed by atoms with Crippen molar-refractivity contribution in [2.24, 2.45) is 4.99 Å². The van der Waals surface area contributed by atoms with Gasteiger partial charge in [0, 0.05) is 37.7 Å². The van der Waals surface area contributed by atoms with Crippen LogP contribution in [-0.2, 0) is 13.0 Å². The summed E-state index contributed by atoms with van der Waals surface area (Å²) in [5, 5.41) is 6.54. The Bertz CT molecular complexity index is 983. The highest BCUT2D eigenvalue weighted by Gasteiger charge is 2.08. The van der Waals surface area contributed by atoms with Crippen LogP contribution in [0, 0.1) is 5.82 Å². The molecule has 1 aromatic heterocycles.